The van der Waals surface area contributed by atoms with Gasteiger partial charge >= 0.3 is 0 Å². The number of tetrazole rings is 1. The fraction of sp³-hybridized carbons (Fsp3) is 0.0714. The molecule has 1 aromatic heterocycles. The smallest absolute Gasteiger partial charge is 0.218 e. The number of benzene rings is 2. The first-order valence-electron chi connectivity index (χ1n) is 6.28. The summed E-state index contributed by atoms with van der Waals surface area (Å²) in [6, 6.07) is 15.8. The van der Waals surface area contributed by atoms with E-state index in [0.717, 1.165) is 20.6 Å². The lowest BCUT2D eigenvalue weighted by molar-refractivity contribution is 0.756. The van der Waals surface area contributed by atoms with Gasteiger partial charge in [0.05, 0.1) is 5.69 Å². The van der Waals surface area contributed by atoms with E-state index in [0.29, 0.717) is 11.7 Å². The van der Waals surface area contributed by atoms with Crippen LogP contribution in [-0.2, 0) is 6.54 Å². The topological polar surface area (TPSA) is 69.6 Å². The molecule has 2 N–H and O–H groups in total. The average Bonchev–Trinajstić information content (AvgIpc) is 2.97. The van der Waals surface area contributed by atoms with Crippen LogP contribution >= 0.6 is 27.7 Å². The van der Waals surface area contributed by atoms with E-state index in [1.165, 1.54) is 11.8 Å². The lowest BCUT2D eigenvalue weighted by Gasteiger charge is -2.09. The number of nitrogens with zero attached hydrogens (tertiary/aromatic N) is 4. The van der Waals surface area contributed by atoms with Crippen molar-refractivity contribution in [3.05, 3.63) is 58.6 Å². The molecule has 0 saturated carbocycles. The van der Waals surface area contributed by atoms with E-state index in [4.69, 9.17) is 5.73 Å². The highest BCUT2D eigenvalue weighted by molar-refractivity contribution is 9.10. The lowest BCUT2D eigenvalue weighted by Crippen LogP contribution is -2.01. The molecule has 0 atom stereocenters. The fourth-order valence-corrected chi connectivity index (χ4v) is 3.53. The molecular formula is C14H12BrN5S. The standard InChI is InChI=1S/C14H12BrN5S/c15-12-7-4-8-13(11(12)9-16)21-14-17-18-19-20(14)10-5-2-1-3-6-10/h1-8H,9,16H2. The van der Waals surface area contributed by atoms with E-state index in [1.54, 1.807) is 4.68 Å². The molecule has 0 spiro atoms. The minimum absolute atomic E-state index is 0.455. The monoisotopic (exact) mass is 361 g/mol. The van der Waals surface area contributed by atoms with E-state index >= 15 is 0 Å². The maximum atomic E-state index is 5.83. The van der Waals surface area contributed by atoms with Crippen LogP contribution in [0.15, 0.2) is 63.1 Å². The third kappa shape index (κ3) is 2.99. The molecule has 0 aliphatic heterocycles. The molecule has 106 valence electrons. The van der Waals surface area contributed by atoms with Gasteiger partial charge in [-0.2, -0.15) is 4.68 Å². The van der Waals surface area contributed by atoms with Crippen molar-refractivity contribution < 1.29 is 0 Å². The molecule has 5 nitrogen and oxygen atoms in total. The van der Waals surface area contributed by atoms with Gasteiger partial charge in [-0.05, 0) is 52.0 Å². The highest BCUT2D eigenvalue weighted by Crippen LogP contribution is 2.33. The first kappa shape index (κ1) is 14.2. The van der Waals surface area contributed by atoms with Gasteiger partial charge in [-0.15, -0.1) is 5.10 Å². The summed E-state index contributed by atoms with van der Waals surface area (Å²) in [5, 5.41) is 12.6. The molecule has 0 bridgehead atoms. The van der Waals surface area contributed by atoms with Crippen molar-refractivity contribution in [3.8, 4) is 5.69 Å². The maximum absolute atomic E-state index is 5.83. The van der Waals surface area contributed by atoms with Crippen molar-refractivity contribution in [1.29, 1.82) is 0 Å². The number of nitrogens with two attached hydrogens (primary N) is 1. The Bertz CT molecular complexity index is 744. The van der Waals surface area contributed by atoms with Gasteiger partial charge in [0.25, 0.3) is 0 Å². The molecule has 21 heavy (non-hydrogen) atoms. The van der Waals surface area contributed by atoms with Crippen molar-refractivity contribution in [2.45, 2.75) is 16.6 Å². The Morgan fingerprint density at radius 2 is 1.90 bits per heavy atom. The molecule has 0 unspecified atom stereocenters. The van der Waals surface area contributed by atoms with Crippen molar-refractivity contribution in [2.75, 3.05) is 0 Å². The molecule has 0 amide bonds. The third-order valence-electron chi connectivity index (χ3n) is 2.92. The average molecular weight is 362 g/mol. The number of halogens is 1. The van der Waals surface area contributed by atoms with Gasteiger partial charge < -0.3 is 5.73 Å². The van der Waals surface area contributed by atoms with Crippen LogP contribution in [0.2, 0.25) is 0 Å². The van der Waals surface area contributed by atoms with Gasteiger partial charge in [0, 0.05) is 15.9 Å². The number of hydrogen-bond donors (Lipinski definition) is 1. The van der Waals surface area contributed by atoms with E-state index in [-0.39, 0.29) is 0 Å². The van der Waals surface area contributed by atoms with Crippen LogP contribution in [0.1, 0.15) is 5.56 Å². The van der Waals surface area contributed by atoms with Crippen molar-refractivity contribution in [3.63, 3.8) is 0 Å². The quantitative estimate of drug-likeness (QED) is 0.773. The van der Waals surface area contributed by atoms with Crippen LogP contribution in [0.4, 0.5) is 0 Å². The Kier molecular flexibility index (Phi) is 4.33. The van der Waals surface area contributed by atoms with Gasteiger partial charge in [0.15, 0.2) is 0 Å². The number of para-hydroxylation sites is 1. The number of hydrogen-bond acceptors (Lipinski definition) is 5. The molecule has 1 heterocycles. The molecule has 0 radical (unpaired) electrons. The highest BCUT2D eigenvalue weighted by atomic mass is 79.9. The van der Waals surface area contributed by atoms with Crippen LogP contribution in [-0.4, -0.2) is 20.2 Å². The van der Waals surface area contributed by atoms with Crippen LogP contribution in [0.25, 0.3) is 5.69 Å². The maximum Gasteiger partial charge on any atom is 0.218 e. The summed E-state index contributed by atoms with van der Waals surface area (Å²) in [5.74, 6) is 0. The third-order valence-corrected chi connectivity index (χ3v) is 4.71. The summed E-state index contributed by atoms with van der Waals surface area (Å²) in [4.78, 5) is 1.04. The van der Waals surface area contributed by atoms with Gasteiger partial charge in [-0.3, -0.25) is 0 Å². The second-order valence-electron chi connectivity index (χ2n) is 4.23. The first-order chi connectivity index (χ1) is 10.3. The molecule has 0 aliphatic rings. The van der Waals surface area contributed by atoms with Crippen LogP contribution in [0, 0.1) is 0 Å². The van der Waals surface area contributed by atoms with Gasteiger partial charge in [0.1, 0.15) is 0 Å². The zero-order valence-electron chi connectivity index (χ0n) is 11.0. The molecule has 0 saturated heterocycles. The Hall–Kier alpha value is -1.70. The van der Waals surface area contributed by atoms with Crippen LogP contribution in [0.3, 0.4) is 0 Å². The molecule has 3 aromatic rings. The SMILES string of the molecule is NCc1c(Br)cccc1Sc1nnnn1-c1ccccc1. The Morgan fingerprint density at radius 3 is 2.67 bits per heavy atom. The van der Waals surface area contributed by atoms with Crippen LogP contribution < -0.4 is 5.73 Å². The molecule has 2 aromatic carbocycles. The number of rotatable bonds is 4. The molecule has 0 fully saturated rings. The molecule has 3 rings (SSSR count). The summed E-state index contributed by atoms with van der Waals surface area (Å²) in [5.41, 5.74) is 7.80. The van der Waals surface area contributed by atoms with Gasteiger partial charge in [-0.1, -0.05) is 40.2 Å². The van der Waals surface area contributed by atoms with Crippen LogP contribution in [0.5, 0.6) is 0 Å². The largest absolute Gasteiger partial charge is 0.326 e. The summed E-state index contributed by atoms with van der Waals surface area (Å²) < 4.78 is 2.71. The lowest BCUT2D eigenvalue weighted by atomic mass is 10.2. The zero-order valence-corrected chi connectivity index (χ0v) is 13.4. The zero-order chi connectivity index (χ0) is 14.7. The predicted molar refractivity (Wildman–Crippen MR) is 85.3 cm³/mol. The van der Waals surface area contributed by atoms with E-state index in [1.807, 2.05) is 48.5 Å². The Morgan fingerprint density at radius 1 is 1.10 bits per heavy atom. The Balaban J connectivity index is 1.98. The minimum atomic E-state index is 0.455. The molecule has 7 heteroatoms. The summed E-state index contributed by atoms with van der Waals surface area (Å²) in [6.07, 6.45) is 0. The second kappa shape index (κ2) is 6.38. The molecular weight excluding hydrogens is 350 g/mol. The second-order valence-corrected chi connectivity index (χ2v) is 6.09. The number of aromatic nitrogens is 4. The van der Waals surface area contributed by atoms with Crippen molar-refractivity contribution >= 4 is 27.7 Å². The van der Waals surface area contributed by atoms with Gasteiger partial charge in [0.2, 0.25) is 5.16 Å². The van der Waals surface area contributed by atoms with E-state index in [9.17, 15) is 0 Å². The van der Waals surface area contributed by atoms with Gasteiger partial charge in [-0.25, -0.2) is 0 Å². The normalized spacial score (nSPS) is 10.8. The molecule has 0 aliphatic carbocycles. The summed E-state index contributed by atoms with van der Waals surface area (Å²) in [7, 11) is 0. The van der Waals surface area contributed by atoms with Crippen molar-refractivity contribution in [2.24, 2.45) is 5.73 Å². The van der Waals surface area contributed by atoms with E-state index in [2.05, 4.69) is 31.5 Å². The van der Waals surface area contributed by atoms with Crippen molar-refractivity contribution in [1.82, 2.24) is 20.2 Å². The fourth-order valence-electron chi connectivity index (χ4n) is 1.90. The van der Waals surface area contributed by atoms with E-state index < -0.39 is 0 Å². The first-order valence-corrected chi connectivity index (χ1v) is 7.89. The summed E-state index contributed by atoms with van der Waals surface area (Å²) in [6.45, 7) is 0.455. The minimum Gasteiger partial charge on any atom is -0.326 e. The predicted octanol–water partition coefficient (Wildman–Crippen LogP) is 3.03. The highest BCUT2D eigenvalue weighted by Gasteiger charge is 2.13. The Labute approximate surface area is 134 Å². The summed E-state index contributed by atoms with van der Waals surface area (Å²) >= 11 is 5.02.